The van der Waals surface area contributed by atoms with Crippen LogP contribution >= 0.6 is 0 Å². The zero-order chi connectivity index (χ0) is 13.9. The average Bonchev–Trinajstić information content (AvgIpc) is 2.94. The first-order valence-corrected chi connectivity index (χ1v) is 8.22. The highest BCUT2D eigenvalue weighted by molar-refractivity contribution is 7.89. The van der Waals surface area contributed by atoms with Crippen LogP contribution in [0.1, 0.15) is 39.0 Å². The minimum atomic E-state index is -3.56. The molecule has 19 heavy (non-hydrogen) atoms. The lowest BCUT2D eigenvalue weighted by Crippen LogP contribution is -2.55. The van der Waals surface area contributed by atoms with E-state index < -0.39 is 15.6 Å². The molecule has 2 rings (SSSR count). The highest BCUT2D eigenvalue weighted by Gasteiger charge is 2.37. The fourth-order valence-electron chi connectivity index (χ4n) is 2.72. The van der Waals surface area contributed by atoms with Gasteiger partial charge < -0.3 is 10.7 Å². The zero-order valence-electron chi connectivity index (χ0n) is 11.2. The number of hydrogen-bond donors (Lipinski definition) is 3. The predicted molar refractivity (Wildman–Crippen MR) is 72.9 cm³/mol. The molecule has 0 aromatic carbocycles. The van der Waals surface area contributed by atoms with Crippen LogP contribution in [0, 0.1) is 5.92 Å². The maximum absolute atomic E-state index is 12.2. The van der Waals surface area contributed by atoms with Crippen LogP contribution in [0.5, 0.6) is 0 Å². The Labute approximate surface area is 114 Å². The van der Waals surface area contributed by atoms with Gasteiger partial charge in [0.2, 0.25) is 0 Å². The van der Waals surface area contributed by atoms with Crippen LogP contribution in [0.4, 0.5) is 0 Å². The molecule has 108 valence electrons. The van der Waals surface area contributed by atoms with Gasteiger partial charge in [-0.15, -0.1) is 0 Å². The highest BCUT2D eigenvalue weighted by atomic mass is 32.2. The van der Waals surface area contributed by atoms with Crippen LogP contribution in [0.2, 0.25) is 0 Å². The molecule has 0 unspecified atom stereocenters. The van der Waals surface area contributed by atoms with Gasteiger partial charge in [0.1, 0.15) is 0 Å². The summed E-state index contributed by atoms with van der Waals surface area (Å²) >= 11 is 0. The van der Waals surface area contributed by atoms with Crippen LogP contribution in [-0.2, 0) is 10.0 Å². The quantitative estimate of drug-likeness (QED) is 0.751. The van der Waals surface area contributed by atoms with Crippen LogP contribution in [0.15, 0.2) is 17.6 Å². The number of hydrogen-bond acceptors (Lipinski definition) is 4. The van der Waals surface area contributed by atoms with Crippen molar-refractivity contribution in [1.82, 2.24) is 14.7 Å². The third kappa shape index (κ3) is 3.16. The fraction of sp³-hybridized carbons (Fsp3) is 0.750. The molecular formula is C12H22N4O2S. The lowest BCUT2D eigenvalue weighted by atomic mass is 9.76. The number of sulfonamides is 1. The summed E-state index contributed by atoms with van der Waals surface area (Å²) in [7, 11) is -3.56. The second-order valence-corrected chi connectivity index (χ2v) is 7.01. The smallest absolute Gasteiger partial charge is 0.258 e. The Balaban J connectivity index is 2.12. The van der Waals surface area contributed by atoms with Gasteiger partial charge in [-0.25, -0.2) is 18.1 Å². The third-order valence-electron chi connectivity index (χ3n) is 4.14. The molecule has 1 heterocycles. The Bertz CT molecular complexity index is 490. The molecule has 7 heteroatoms. The van der Waals surface area contributed by atoms with Crippen LogP contribution < -0.4 is 10.5 Å². The van der Waals surface area contributed by atoms with E-state index in [-0.39, 0.29) is 5.03 Å². The maximum atomic E-state index is 12.2. The molecule has 0 bridgehead atoms. The third-order valence-corrected chi connectivity index (χ3v) is 5.65. The molecule has 1 aromatic rings. The van der Waals surface area contributed by atoms with Gasteiger partial charge in [-0.05, 0) is 31.6 Å². The van der Waals surface area contributed by atoms with Crippen molar-refractivity contribution in [2.75, 3.05) is 6.54 Å². The molecular weight excluding hydrogens is 264 g/mol. The van der Waals surface area contributed by atoms with Gasteiger partial charge in [-0.2, -0.15) is 0 Å². The fourth-order valence-corrected chi connectivity index (χ4v) is 4.09. The summed E-state index contributed by atoms with van der Waals surface area (Å²) in [5.41, 5.74) is 5.33. The van der Waals surface area contributed by atoms with Crippen molar-refractivity contribution in [3.63, 3.8) is 0 Å². The minimum Gasteiger partial charge on any atom is -0.335 e. The normalized spacial score (nSPS) is 28.4. The molecule has 0 amide bonds. The van der Waals surface area contributed by atoms with Gasteiger partial charge in [-0.3, -0.25) is 0 Å². The zero-order valence-corrected chi connectivity index (χ0v) is 12.0. The summed E-state index contributed by atoms with van der Waals surface area (Å²) in [6, 6.07) is 0. The number of rotatable bonds is 5. The molecule has 1 fully saturated rings. The van der Waals surface area contributed by atoms with E-state index >= 15 is 0 Å². The van der Waals surface area contributed by atoms with Gasteiger partial charge in [0.15, 0.2) is 5.03 Å². The van der Waals surface area contributed by atoms with E-state index in [1.54, 1.807) is 0 Å². The molecule has 0 aliphatic heterocycles. The summed E-state index contributed by atoms with van der Waals surface area (Å²) in [5, 5.41) is 0.0953. The summed E-state index contributed by atoms with van der Waals surface area (Å²) in [5.74, 6) is 0.691. The van der Waals surface area contributed by atoms with Crippen molar-refractivity contribution < 1.29 is 8.42 Å². The number of nitrogens with one attached hydrogen (secondary N) is 2. The summed E-state index contributed by atoms with van der Waals surface area (Å²) in [6.45, 7) is 2.51. The van der Waals surface area contributed by atoms with Crippen molar-refractivity contribution in [3.8, 4) is 0 Å². The van der Waals surface area contributed by atoms with E-state index in [9.17, 15) is 8.42 Å². The second kappa shape index (κ2) is 5.60. The average molecular weight is 286 g/mol. The van der Waals surface area contributed by atoms with Gasteiger partial charge in [-0.1, -0.05) is 13.3 Å². The minimum absolute atomic E-state index is 0.0953. The molecule has 1 aliphatic carbocycles. The van der Waals surface area contributed by atoms with Crippen molar-refractivity contribution in [3.05, 3.63) is 12.5 Å². The second-order valence-electron chi connectivity index (χ2n) is 5.36. The van der Waals surface area contributed by atoms with Crippen LogP contribution in [0.3, 0.4) is 0 Å². The van der Waals surface area contributed by atoms with Crippen molar-refractivity contribution in [2.45, 2.75) is 49.6 Å². The first-order chi connectivity index (χ1) is 9.01. The van der Waals surface area contributed by atoms with Crippen LogP contribution in [-0.4, -0.2) is 30.5 Å². The number of imidazole rings is 1. The van der Waals surface area contributed by atoms with E-state index in [2.05, 4.69) is 21.6 Å². The monoisotopic (exact) mass is 286 g/mol. The molecule has 1 aromatic heterocycles. The number of H-pyrrole nitrogens is 1. The lowest BCUT2D eigenvalue weighted by Gasteiger charge is -2.39. The first-order valence-electron chi connectivity index (χ1n) is 6.74. The molecule has 0 radical (unpaired) electrons. The standard InChI is InChI=1S/C12H22N4O2S/c1-2-10-3-5-12(8-13,6-4-10)16-19(17,18)11-7-14-9-15-11/h7,9-10,16H,2-6,8,13H2,1H3,(H,14,15). The molecule has 0 atom stereocenters. The summed E-state index contributed by atoms with van der Waals surface area (Å²) in [4.78, 5) is 6.38. The summed E-state index contributed by atoms with van der Waals surface area (Å²) in [6.07, 6.45) is 7.47. The number of nitrogens with zero attached hydrogens (tertiary/aromatic N) is 1. The number of aromatic nitrogens is 2. The number of aromatic amines is 1. The Morgan fingerprint density at radius 2 is 2.21 bits per heavy atom. The largest absolute Gasteiger partial charge is 0.335 e. The van der Waals surface area contributed by atoms with E-state index in [4.69, 9.17) is 5.73 Å². The SMILES string of the molecule is CCC1CCC(CN)(NS(=O)(=O)c2cnc[nH]2)CC1. The van der Waals surface area contributed by atoms with Gasteiger partial charge in [0.25, 0.3) is 10.0 Å². The van der Waals surface area contributed by atoms with Crippen molar-refractivity contribution in [1.29, 1.82) is 0 Å². The molecule has 6 nitrogen and oxygen atoms in total. The first kappa shape index (κ1) is 14.5. The predicted octanol–water partition coefficient (Wildman–Crippen LogP) is 0.986. The molecule has 1 aliphatic rings. The van der Waals surface area contributed by atoms with Crippen molar-refractivity contribution >= 4 is 10.0 Å². The molecule has 0 saturated heterocycles. The van der Waals surface area contributed by atoms with Crippen molar-refractivity contribution in [2.24, 2.45) is 11.7 Å². The van der Waals surface area contributed by atoms with Crippen LogP contribution in [0.25, 0.3) is 0 Å². The highest BCUT2D eigenvalue weighted by Crippen LogP contribution is 2.34. The van der Waals surface area contributed by atoms with E-state index in [0.29, 0.717) is 12.5 Å². The maximum Gasteiger partial charge on any atom is 0.258 e. The number of nitrogens with two attached hydrogens (primary N) is 1. The molecule has 0 spiro atoms. The topological polar surface area (TPSA) is 101 Å². The molecule has 4 N–H and O–H groups in total. The van der Waals surface area contributed by atoms with Gasteiger partial charge in [0, 0.05) is 12.1 Å². The van der Waals surface area contributed by atoms with E-state index in [0.717, 1.165) is 32.1 Å². The Kier molecular flexibility index (Phi) is 4.27. The Morgan fingerprint density at radius 3 is 2.68 bits per heavy atom. The Hall–Kier alpha value is -0.920. The van der Waals surface area contributed by atoms with E-state index in [1.165, 1.54) is 12.5 Å². The lowest BCUT2D eigenvalue weighted by molar-refractivity contribution is 0.217. The molecule has 1 saturated carbocycles. The van der Waals surface area contributed by atoms with Gasteiger partial charge >= 0.3 is 0 Å². The Morgan fingerprint density at radius 1 is 1.53 bits per heavy atom. The summed E-state index contributed by atoms with van der Waals surface area (Å²) < 4.78 is 27.3. The van der Waals surface area contributed by atoms with E-state index in [1.807, 2.05) is 0 Å². The van der Waals surface area contributed by atoms with Gasteiger partial charge in [0.05, 0.1) is 12.5 Å².